The maximum Gasteiger partial charge on any atom is 1.00 e. The fourth-order valence-electron chi connectivity index (χ4n) is 3.24. The summed E-state index contributed by atoms with van der Waals surface area (Å²) in [6.07, 6.45) is 9.99. The number of aliphatic hydroxyl groups is 2. The van der Waals surface area contributed by atoms with E-state index in [1.54, 1.807) is 0 Å². The molecule has 3 atom stereocenters. The maximum absolute atomic E-state index is 11.8. The molecule has 0 bridgehead atoms. The Morgan fingerprint density at radius 2 is 1.61 bits per heavy atom. The van der Waals surface area contributed by atoms with Crippen LogP contribution in [0, 0.1) is 0 Å². The van der Waals surface area contributed by atoms with Crippen molar-refractivity contribution in [3.8, 4) is 0 Å². The van der Waals surface area contributed by atoms with E-state index in [0.29, 0.717) is 6.42 Å². The summed E-state index contributed by atoms with van der Waals surface area (Å²) in [7, 11) is -4.90. The van der Waals surface area contributed by atoms with Gasteiger partial charge < -0.3 is 19.6 Å². The van der Waals surface area contributed by atoms with Gasteiger partial charge in [0.25, 0.3) is 0 Å². The van der Waals surface area contributed by atoms with Crippen molar-refractivity contribution >= 4 is 7.82 Å². The smallest absolute Gasteiger partial charge is 0.754 e. The summed E-state index contributed by atoms with van der Waals surface area (Å²) in [6.45, 7) is 1.45. The Bertz CT molecular complexity index is 429. The van der Waals surface area contributed by atoms with Gasteiger partial charge in [-0.3, -0.25) is 4.57 Å². The number of hydrogen-bond acceptors (Lipinski definition) is 9. The topological polar surface area (TPSA) is 127 Å². The van der Waals surface area contributed by atoms with E-state index in [1.807, 2.05) is 0 Å². The van der Waals surface area contributed by atoms with Gasteiger partial charge in [-0.1, -0.05) is 71.1 Å². The van der Waals surface area contributed by atoms with E-state index >= 15 is 0 Å². The zero-order chi connectivity index (χ0) is 20.0. The Balaban J connectivity index is 0.00000729. The van der Waals surface area contributed by atoms with Crippen LogP contribution in [-0.2, 0) is 28.7 Å². The molecule has 0 aromatic carbocycles. The molecule has 9 nitrogen and oxygen atoms in total. The van der Waals surface area contributed by atoms with E-state index in [0.717, 1.165) is 19.3 Å². The van der Waals surface area contributed by atoms with Crippen LogP contribution in [0.15, 0.2) is 0 Å². The van der Waals surface area contributed by atoms with Gasteiger partial charge in [0.15, 0.2) is 0 Å². The van der Waals surface area contributed by atoms with Gasteiger partial charge in [-0.05, 0) is 16.5 Å². The predicted molar refractivity (Wildman–Crippen MR) is 94.8 cm³/mol. The van der Waals surface area contributed by atoms with Crippen molar-refractivity contribution in [1.29, 1.82) is 0 Å². The second-order valence-corrected chi connectivity index (χ2v) is 8.24. The minimum absolute atomic E-state index is 0. The number of unbranched alkanes of at least 4 members (excludes halogenated alkanes) is 9. The molecule has 2 N–H and O–H groups in total. The quantitative estimate of drug-likeness (QED) is 0.173. The second-order valence-electron chi connectivity index (χ2n) is 7.02. The van der Waals surface area contributed by atoms with Crippen molar-refractivity contribution in [3.63, 3.8) is 0 Å². The van der Waals surface area contributed by atoms with E-state index < -0.39 is 26.1 Å². The standard InChI is InChI=1S/C17H35O9P.K/c1-2-3-4-5-6-7-8-9-10-11-12-17(16(19)15-18)13-14-22-24-25-26-27(20,21)23-17;/h16,18-19H,2-15H2,1H3,(H,20,21);/q;+1/p-1. The monoisotopic (exact) mass is 452 g/mol. The van der Waals surface area contributed by atoms with Gasteiger partial charge in [0, 0.05) is 6.42 Å². The minimum Gasteiger partial charge on any atom is -0.754 e. The number of phosphoric acid groups is 1. The fraction of sp³-hybridized carbons (Fsp3) is 1.00. The molecule has 1 rings (SSSR count). The molecule has 1 aliphatic rings. The molecule has 1 fully saturated rings. The van der Waals surface area contributed by atoms with Crippen molar-refractivity contribution in [2.24, 2.45) is 0 Å². The molecule has 0 aromatic heterocycles. The van der Waals surface area contributed by atoms with Crippen molar-refractivity contribution < 1.29 is 95.2 Å². The Morgan fingerprint density at radius 1 is 1.04 bits per heavy atom. The molecule has 0 spiro atoms. The van der Waals surface area contributed by atoms with Crippen LogP contribution in [0.25, 0.3) is 0 Å². The van der Waals surface area contributed by atoms with Crippen molar-refractivity contribution in [2.75, 3.05) is 13.2 Å². The molecule has 1 saturated heterocycles. The average Bonchev–Trinajstić information content (AvgIpc) is 2.71. The van der Waals surface area contributed by atoms with Gasteiger partial charge in [0.05, 0.1) is 13.2 Å². The molecule has 11 heteroatoms. The molecule has 0 amide bonds. The summed E-state index contributed by atoms with van der Waals surface area (Å²) >= 11 is 0. The first kappa shape index (κ1) is 29.5. The van der Waals surface area contributed by atoms with Gasteiger partial charge >= 0.3 is 59.2 Å². The Morgan fingerprint density at radius 3 is 2.18 bits per heavy atom. The molecule has 1 heterocycles. The molecular weight excluding hydrogens is 418 g/mol. The molecule has 3 unspecified atom stereocenters. The van der Waals surface area contributed by atoms with Gasteiger partial charge in [-0.2, -0.15) is 0 Å². The minimum atomic E-state index is -4.90. The molecular formula is C17H34KO9P. The summed E-state index contributed by atoms with van der Waals surface area (Å²) in [5.41, 5.74) is -1.55. The SMILES string of the molecule is CCCCCCCCCCCCC1(C(O)CO)CCOOOOP(=O)([O-])O1.[K+]. The molecule has 0 aliphatic carbocycles. The Kier molecular flexibility index (Phi) is 18.1. The molecule has 0 saturated carbocycles. The van der Waals surface area contributed by atoms with Crippen molar-refractivity contribution in [1.82, 2.24) is 0 Å². The third-order valence-corrected chi connectivity index (χ3v) is 5.66. The zero-order valence-corrected chi connectivity index (χ0v) is 21.2. The van der Waals surface area contributed by atoms with Crippen LogP contribution in [0.5, 0.6) is 0 Å². The average molecular weight is 453 g/mol. The summed E-state index contributed by atoms with van der Waals surface area (Å²) in [6, 6.07) is 0. The Labute approximate surface area is 210 Å². The summed E-state index contributed by atoms with van der Waals surface area (Å²) in [4.78, 5) is 16.4. The third-order valence-electron chi connectivity index (χ3n) is 4.83. The second kappa shape index (κ2) is 17.1. The van der Waals surface area contributed by atoms with Crippen LogP contribution in [0.3, 0.4) is 0 Å². The molecule has 1 aliphatic heterocycles. The van der Waals surface area contributed by atoms with Crippen molar-refractivity contribution in [2.45, 2.75) is 95.7 Å². The molecule has 0 aromatic rings. The van der Waals surface area contributed by atoms with Crippen molar-refractivity contribution in [3.05, 3.63) is 0 Å². The van der Waals surface area contributed by atoms with Crippen LogP contribution in [0.1, 0.15) is 84.0 Å². The van der Waals surface area contributed by atoms with Crippen LogP contribution in [-0.4, -0.2) is 35.1 Å². The first-order valence-corrected chi connectivity index (χ1v) is 11.4. The van der Waals surface area contributed by atoms with Crippen LogP contribution < -0.4 is 56.3 Å². The van der Waals surface area contributed by atoms with Crippen LogP contribution in [0.2, 0.25) is 0 Å². The Hall–Kier alpha value is 1.55. The molecule has 0 radical (unpaired) electrons. The normalized spacial score (nSPS) is 27.3. The number of rotatable bonds is 13. The predicted octanol–water partition coefficient (Wildman–Crippen LogP) is 0.0935. The van der Waals surface area contributed by atoms with E-state index in [2.05, 4.69) is 26.6 Å². The van der Waals surface area contributed by atoms with Gasteiger partial charge in [-0.15, -0.1) is 4.67 Å². The van der Waals surface area contributed by atoms with E-state index in [4.69, 9.17) is 4.52 Å². The van der Waals surface area contributed by atoms with E-state index in [9.17, 15) is 19.7 Å². The first-order chi connectivity index (χ1) is 13.0. The number of hydrogen-bond donors (Lipinski definition) is 2. The number of phosphoric ester groups is 1. The fourth-order valence-corrected chi connectivity index (χ4v) is 4.12. The third kappa shape index (κ3) is 12.4. The van der Waals surface area contributed by atoms with E-state index in [1.165, 1.54) is 38.5 Å². The molecule has 162 valence electrons. The van der Waals surface area contributed by atoms with E-state index in [-0.39, 0.29) is 70.8 Å². The van der Waals surface area contributed by atoms with Gasteiger partial charge in [-0.25, -0.2) is 4.89 Å². The largest absolute Gasteiger partial charge is 1.00 e. The summed E-state index contributed by atoms with van der Waals surface area (Å²) in [5, 5.41) is 27.5. The van der Waals surface area contributed by atoms with Crippen LogP contribution in [0.4, 0.5) is 0 Å². The summed E-state index contributed by atoms with van der Waals surface area (Å²) in [5.74, 6) is 0. The molecule has 28 heavy (non-hydrogen) atoms. The van der Waals surface area contributed by atoms with Crippen LogP contribution >= 0.6 is 7.82 Å². The maximum atomic E-state index is 11.8. The summed E-state index contributed by atoms with van der Waals surface area (Å²) < 4.78 is 20.9. The number of aliphatic hydroxyl groups excluding tert-OH is 2. The first-order valence-electron chi connectivity index (χ1n) is 9.91. The van der Waals surface area contributed by atoms with Gasteiger partial charge in [0.1, 0.15) is 11.7 Å². The van der Waals surface area contributed by atoms with Gasteiger partial charge in [0.2, 0.25) is 0 Å². The zero-order valence-electron chi connectivity index (χ0n) is 17.2.